The van der Waals surface area contributed by atoms with E-state index in [0.717, 1.165) is 25.7 Å². The van der Waals surface area contributed by atoms with Crippen LogP contribution in [0.2, 0.25) is 0 Å². The molecule has 0 aliphatic heterocycles. The Morgan fingerprint density at radius 3 is 2.18 bits per heavy atom. The summed E-state index contributed by atoms with van der Waals surface area (Å²) in [5.41, 5.74) is 1.93. The van der Waals surface area contributed by atoms with Gasteiger partial charge in [0.15, 0.2) is 0 Å². The average Bonchev–Trinajstić information content (AvgIpc) is 2.29. The topological polar surface area (TPSA) is 102 Å². The van der Waals surface area contributed by atoms with E-state index in [2.05, 4.69) is 10.2 Å². The van der Waals surface area contributed by atoms with Crippen molar-refractivity contribution in [2.75, 3.05) is 6.61 Å². The van der Waals surface area contributed by atoms with Gasteiger partial charge in [-0.05, 0) is 32.6 Å². The number of aliphatic carboxylic acids is 1. The summed E-state index contributed by atoms with van der Waals surface area (Å²) >= 11 is 4.72. The third-order valence-electron chi connectivity index (χ3n) is 2.57. The van der Waals surface area contributed by atoms with Crippen LogP contribution in [0.25, 0.3) is 0 Å². The molecular formula is C10H19ClN2O4. The number of hydrogen-bond acceptors (Lipinski definition) is 5. The fraction of sp³-hybridized carbons (Fsp3) is 0.800. The highest BCUT2D eigenvalue weighted by Crippen LogP contribution is 2.23. The molecule has 1 aliphatic carbocycles. The molecule has 0 atom stereocenters. The molecule has 1 aliphatic rings. The Hall–Kier alpha value is -0.850. The van der Waals surface area contributed by atoms with Crippen LogP contribution in [0.3, 0.4) is 0 Å². The molecule has 0 unspecified atom stereocenters. The van der Waals surface area contributed by atoms with Crippen LogP contribution in [0.5, 0.6) is 0 Å². The molecule has 1 fully saturated rings. The maximum Gasteiger partial charge on any atom is 0.403 e. The molecule has 0 amide bonds. The highest BCUT2D eigenvalue weighted by molar-refractivity contribution is 6.61. The lowest BCUT2D eigenvalue weighted by Crippen LogP contribution is -2.38. The first-order valence-corrected chi connectivity index (χ1v) is 5.90. The van der Waals surface area contributed by atoms with Gasteiger partial charge >= 0.3 is 11.4 Å². The Morgan fingerprint density at radius 1 is 1.41 bits per heavy atom. The third-order valence-corrected chi connectivity index (χ3v) is 2.68. The molecule has 100 valence electrons. The Morgan fingerprint density at radius 2 is 1.94 bits per heavy atom. The summed E-state index contributed by atoms with van der Waals surface area (Å²) in [6.45, 7) is 2.04. The summed E-state index contributed by atoms with van der Waals surface area (Å²) in [5, 5.41) is 8.65. The second kappa shape index (κ2) is 9.21. The number of nitrogens with one attached hydrogen (secondary N) is 1. The molecule has 7 heteroatoms. The molecule has 0 aromatic carbocycles. The van der Waals surface area contributed by atoms with Gasteiger partial charge in [-0.1, -0.05) is 0 Å². The van der Waals surface area contributed by atoms with Crippen molar-refractivity contribution in [1.82, 2.24) is 5.43 Å². The quantitative estimate of drug-likeness (QED) is 0.406. The number of nitrogens with two attached hydrogens (primary N) is 1. The van der Waals surface area contributed by atoms with Crippen LogP contribution in [0.15, 0.2) is 0 Å². The summed E-state index contributed by atoms with van der Waals surface area (Å²) in [4.78, 5) is 20.1. The van der Waals surface area contributed by atoms with Gasteiger partial charge in [-0.15, -0.1) is 0 Å². The van der Waals surface area contributed by atoms with E-state index in [1.807, 2.05) is 0 Å². The van der Waals surface area contributed by atoms with E-state index in [-0.39, 0.29) is 5.92 Å². The minimum absolute atomic E-state index is 0.139. The highest BCUT2D eigenvalue weighted by Gasteiger charge is 2.24. The Kier molecular flexibility index (Phi) is 8.75. The Balaban J connectivity index is 0.000000366. The first-order chi connectivity index (χ1) is 8.01. The molecule has 0 saturated heterocycles. The summed E-state index contributed by atoms with van der Waals surface area (Å²) in [7, 11) is 0. The Labute approximate surface area is 105 Å². The van der Waals surface area contributed by atoms with Crippen LogP contribution in [-0.2, 0) is 9.53 Å². The van der Waals surface area contributed by atoms with Crippen LogP contribution in [0.1, 0.15) is 32.6 Å². The lowest BCUT2D eigenvalue weighted by molar-refractivity contribution is -0.142. The smallest absolute Gasteiger partial charge is 0.403 e. The van der Waals surface area contributed by atoms with E-state index in [9.17, 15) is 9.59 Å². The predicted molar refractivity (Wildman–Crippen MR) is 63.6 cm³/mol. The second-order valence-corrected chi connectivity index (χ2v) is 4.03. The summed E-state index contributed by atoms with van der Waals surface area (Å²) < 4.78 is 4.17. The molecule has 0 aromatic heterocycles. The van der Waals surface area contributed by atoms with Gasteiger partial charge in [-0.25, -0.2) is 4.79 Å². The molecular weight excluding hydrogens is 248 g/mol. The zero-order chi connectivity index (χ0) is 13.3. The largest absolute Gasteiger partial charge is 0.481 e. The molecule has 0 heterocycles. The fourth-order valence-electron chi connectivity index (χ4n) is 1.62. The van der Waals surface area contributed by atoms with Crippen LogP contribution in [0, 0.1) is 5.92 Å². The van der Waals surface area contributed by atoms with Gasteiger partial charge in [0.2, 0.25) is 0 Å². The first-order valence-electron chi connectivity index (χ1n) is 5.52. The van der Waals surface area contributed by atoms with Crippen molar-refractivity contribution in [2.24, 2.45) is 11.8 Å². The van der Waals surface area contributed by atoms with Crippen LogP contribution < -0.4 is 11.3 Å². The van der Waals surface area contributed by atoms with Crippen molar-refractivity contribution < 1.29 is 19.4 Å². The standard InChI is InChI=1S/C7H14N2O2.C3H5ClO2/c8-9-6-3-1-5(2-4-6)7(10)11;1-2-6-3(4)5/h5-6,9H,1-4,8H2,(H,10,11);2H2,1H3. The zero-order valence-electron chi connectivity index (χ0n) is 9.82. The average molecular weight is 267 g/mol. The number of ether oxygens (including phenoxy) is 1. The molecule has 1 rings (SSSR count). The van der Waals surface area contributed by atoms with Gasteiger partial charge in [0.25, 0.3) is 0 Å². The van der Waals surface area contributed by atoms with Crippen molar-refractivity contribution in [3.8, 4) is 0 Å². The van der Waals surface area contributed by atoms with Crippen molar-refractivity contribution in [2.45, 2.75) is 38.6 Å². The summed E-state index contributed by atoms with van der Waals surface area (Å²) in [5.74, 6) is 4.42. The summed E-state index contributed by atoms with van der Waals surface area (Å²) in [6, 6.07) is 0.325. The van der Waals surface area contributed by atoms with E-state index in [1.54, 1.807) is 6.92 Å². The maximum atomic E-state index is 10.5. The van der Waals surface area contributed by atoms with Crippen LogP contribution in [0.4, 0.5) is 4.79 Å². The molecule has 17 heavy (non-hydrogen) atoms. The van der Waals surface area contributed by atoms with E-state index in [0.29, 0.717) is 12.6 Å². The van der Waals surface area contributed by atoms with Crippen molar-refractivity contribution in [3.05, 3.63) is 0 Å². The van der Waals surface area contributed by atoms with Crippen molar-refractivity contribution in [1.29, 1.82) is 0 Å². The van der Waals surface area contributed by atoms with E-state index in [4.69, 9.17) is 22.6 Å². The molecule has 4 N–H and O–H groups in total. The number of rotatable bonds is 3. The lowest BCUT2D eigenvalue weighted by Gasteiger charge is -2.24. The molecule has 6 nitrogen and oxygen atoms in total. The number of hydrogen-bond donors (Lipinski definition) is 3. The van der Waals surface area contributed by atoms with Crippen LogP contribution >= 0.6 is 11.6 Å². The number of halogens is 1. The molecule has 0 radical (unpaired) electrons. The second-order valence-electron chi connectivity index (χ2n) is 3.72. The van der Waals surface area contributed by atoms with Gasteiger partial charge in [0.05, 0.1) is 12.5 Å². The lowest BCUT2D eigenvalue weighted by atomic mass is 9.86. The van der Waals surface area contributed by atoms with Gasteiger partial charge in [-0.3, -0.25) is 16.1 Å². The summed E-state index contributed by atoms with van der Waals surface area (Å²) in [6.07, 6.45) is 3.27. The minimum Gasteiger partial charge on any atom is -0.481 e. The van der Waals surface area contributed by atoms with Gasteiger partial charge < -0.3 is 9.84 Å². The SMILES string of the molecule is CCOC(=O)Cl.NNC1CCC(C(=O)O)CC1. The van der Waals surface area contributed by atoms with E-state index < -0.39 is 11.4 Å². The van der Waals surface area contributed by atoms with Gasteiger partial charge in [0.1, 0.15) is 0 Å². The fourth-order valence-corrected chi connectivity index (χ4v) is 1.73. The van der Waals surface area contributed by atoms with E-state index >= 15 is 0 Å². The molecule has 1 saturated carbocycles. The molecule has 0 bridgehead atoms. The molecule has 0 spiro atoms. The number of hydrazine groups is 1. The Bertz CT molecular complexity index is 242. The minimum atomic E-state index is -0.738. The predicted octanol–water partition coefficient (Wildman–Crippen LogP) is 1.47. The van der Waals surface area contributed by atoms with Crippen molar-refractivity contribution in [3.63, 3.8) is 0 Å². The number of carboxylic acid groups (broad SMARTS) is 1. The van der Waals surface area contributed by atoms with E-state index in [1.165, 1.54) is 0 Å². The zero-order valence-corrected chi connectivity index (χ0v) is 10.6. The highest BCUT2D eigenvalue weighted by atomic mass is 35.5. The van der Waals surface area contributed by atoms with Gasteiger partial charge in [-0.2, -0.15) is 0 Å². The molecule has 0 aromatic rings. The van der Waals surface area contributed by atoms with Crippen molar-refractivity contribution >= 4 is 23.0 Å². The third kappa shape index (κ3) is 7.95. The normalized spacial score (nSPS) is 23.2. The first kappa shape index (κ1) is 16.1. The number of carboxylic acids is 1. The van der Waals surface area contributed by atoms with Crippen LogP contribution in [-0.4, -0.2) is 29.2 Å². The maximum absolute atomic E-state index is 10.5. The van der Waals surface area contributed by atoms with Gasteiger partial charge in [0, 0.05) is 17.6 Å². The number of carbonyl (C=O) groups excluding carboxylic acids is 1. The monoisotopic (exact) mass is 266 g/mol. The number of carbonyl (C=O) groups is 2.